The van der Waals surface area contributed by atoms with Gasteiger partial charge in [0.25, 0.3) is 0 Å². The molecule has 2 N–H and O–H groups in total. The zero-order valence-corrected chi connectivity index (χ0v) is 10.6. The van der Waals surface area contributed by atoms with Gasteiger partial charge in [0.2, 0.25) is 0 Å². The molecule has 1 aromatic rings. The monoisotopic (exact) mass is 239 g/mol. The molecule has 0 radical (unpaired) electrons. The van der Waals surface area contributed by atoms with Crippen LogP contribution in [0.5, 0.6) is 5.75 Å². The summed E-state index contributed by atoms with van der Waals surface area (Å²) in [4.78, 5) is 0. The highest BCUT2D eigenvalue weighted by molar-refractivity contribution is 6.30. The third-order valence-electron chi connectivity index (χ3n) is 3.60. The van der Waals surface area contributed by atoms with E-state index < -0.39 is 0 Å². The van der Waals surface area contributed by atoms with E-state index in [0.717, 1.165) is 29.5 Å². The van der Waals surface area contributed by atoms with E-state index in [-0.39, 0.29) is 5.41 Å². The van der Waals surface area contributed by atoms with E-state index in [0.29, 0.717) is 6.54 Å². The lowest BCUT2D eigenvalue weighted by Crippen LogP contribution is -2.46. The maximum absolute atomic E-state index is 6.06. The van der Waals surface area contributed by atoms with E-state index in [9.17, 15) is 0 Å². The van der Waals surface area contributed by atoms with Crippen LogP contribution in [0.3, 0.4) is 0 Å². The molecule has 0 aliphatic heterocycles. The number of rotatable bonds is 3. The Balaban J connectivity index is 2.41. The summed E-state index contributed by atoms with van der Waals surface area (Å²) >= 11 is 6.06. The van der Waals surface area contributed by atoms with Crippen LogP contribution in [0.25, 0.3) is 0 Å². The first-order valence-corrected chi connectivity index (χ1v) is 6.03. The topological polar surface area (TPSA) is 35.2 Å². The molecule has 1 fully saturated rings. The predicted octanol–water partition coefficient (Wildman–Crippen LogP) is 2.98. The molecule has 0 bridgehead atoms. The molecule has 2 rings (SSSR count). The van der Waals surface area contributed by atoms with Gasteiger partial charge in [-0.15, -0.1) is 0 Å². The molecule has 1 saturated carbocycles. The largest absolute Gasteiger partial charge is 0.496 e. The van der Waals surface area contributed by atoms with Crippen molar-refractivity contribution in [1.82, 2.24) is 0 Å². The predicted molar refractivity (Wildman–Crippen MR) is 67.1 cm³/mol. The summed E-state index contributed by atoms with van der Waals surface area (Å²) < 4.78 is 5.41. The molecule has 0 atom stereocenters. The van der Waals surface area contributed by atoms with Crippen LogP contribution < -0.4 is 10.5 Å². The molecule has 0 aromatic heterocycles. The summed E-state index contributed by atoms with van der Waals surface area (Å²) in [6, 6.07) is 5.79. The lowest BCUT2D eigenvalue weighted by atomic mass is 9.59. The molecule has 0 saturated heterocycles. The lowest BCUT2D eigenvalue weighted by molar-refractivity contribution is 0.160. The Morgan fingerprint density at radius 3 is 2.69 bits per heavy atom. The molecular formula is C13H18ClNO. The van der Waals surface area contributed by atoms with Gasteiger partial charge in [-0.25, -0.2) is 0 Å². The maximum atomic E-state index is 6.06. The molecule has 16 heavy (non-hydrogen) atoms. The third-order valence-corrected chi connectivity index (χ3v) is 3.84. The highest BCUT2D eigenvalue weighted by Gasteiger charge is 2.44. The van der Waals surface area contributed by atoms with Crippen LogP contribution in [0, 0.1) is 5.92 Å². The Kier molecular flexibility index (Phi) is 3.13. The van der Waals surface area contributed by atoms with Crippen molar-refractivity contribution in [3.63, 3.8) is 0 Å². The van der Waals surface area contributed by atoms with Gasteiger partial charge in [0.05, 0.1) is 7.11 Å². The zero-order chi connectivity index (χ0) is 11.8. The van der Waals surface area contributed by atoms with Crippen LogP contribution in [-0.2, 0) is 5.41 Å². The number of benzene rings is 1. The highest BCUT2D eigenvalue weighted by atomic mass is 35.5. The molecule has 1 aliphatic rings. The van der Waals surface area contributed by atoms with Crippen molar-refractivity contribution < 1.29 is 4.74 Å². The first kappa shape index (κ1) is 11.7. The van der Waals surface area contributed by atoms with E-state index in [1.807, 2.05) is 18.2 Å². The standard InChI is InChI=1S/C13H18ClNO/c1-9-6-13(7-9,8-15)11-5-10(14)3-4-12(11)16-2/h3-5,9H,6-8,15H2,1-2H3. The lowest BCUT2D eigenvalue weighted by Gasteiger charge is -2.47. The van der Waals surface area contributed by atoms with Crippen molar-refractivity contribution in [3.05, 3.63) is 28.8 Å². The summed E-state index contributed by atoms with van der Waals surface area (Å²) in [5.74, 6) is 1.65. The average Bonchev–Trinajstić information content (AvgIpc) is 2.24. The molecule has 0 unspecified atom stereocenters. The van der Waals surface area contributed by atoms with Gasteiger partial charge in [-0.05, 0) is 37.0 Å². The van der Waals surface area contributed by atoms with E-state index in [4.69, 9.17) is 22.1 Å². The first-order chi connectivity index (χ1) is 7.61. The van der Waals surface area contributed by atoms with Gasteiger partial charge in [0.1, 0.15) is 5.75 Å². The van der Waals surface area contributed by atoms with E-state index in [1.54, 1.807) is 7.11 Å². The fourth-order valence-corrected chi connectivity index (χ4v) is 3.04. The Morgan fingerprint density at radius 2 is 2.19 bits per heavy atom. The van der Waals surface area contributed by atoms with E-state index >= 15 is 0 Å². The summed E-state index contributed by atoms with van der Waals surface area (Å²) in [6.45, 7) is 2.92. The number of nitrogens with two attached hydrogens (primary N) is 1. The van der Waals surface area contributed by atoms with Crippen molar-refractivity contribution in [3.8, 4) is 5.75 Å². The highest BCUT2D eigenvalue weighted by Crippen LogP contribution is 2.50. The Hall–Kier alpha value is -0.730. The molecule has 1 aromatic carbocycles. The van der Waals surface area contributed by atoms with Gasteiger partial charge < -0.3 is 10.5 Å². The first-order valence-electron chi connectivity index (χ1n) is 5.65. The SMILES string of the molecule is COc1ccc(Cl)cc1C1(CN)CC(C)C1. The minimum atomic E-state index is 0.0790. The van der Waals surface area contributed by atoms with Crippen LogP contribution in [0.4, 0.5) is 0 Å². The summed E-state index contributed by atoms with van der Waals surface area (Å²) in [6.07, 6.45) is 2.25. The zero-order valence-electron chi connectivity index (χ0n) is 9.79. The Labute approximate surface area is 102 Å². The molecule has 1 aliphatic carbocycles. The van der Waals surface area contributed by atoms with Crippen molar-refractivity contribution in [2.24, 2.45) is 11.7 Å². The second-order valence-electron chi connectivity index (χ2n) is 4.84. The Morgan fingerprint density at radius 1 is 1.50 bits per heavy atom. The summed E-state index contributed by atoms with van der Waals surface area (Å²) in [5.41, 5.74) is 7.19. The van der Waals surface area contributed by atoms with Crippen molar-refractivity contribution >= 4 is 11.6 Å². The average molecular weight is 240 g/mol. The van der Waals surface area contributed by atoms with Gasteiger partial charge >= 0.3 is 0 Å². The van der Waals surface area contributed by atoms with Crippen LogP contribution in [0.2, 0.25) is 5.02 Å². The number of ether oxygens (including phenoxy) is 1. The molecule has 3 heteroatoms. The van der Waals surface area contributed by atoms with E-state index in [1.165, 1.54) is 5.56 Å². The Bertz CT molecular complexity index is 386. The second-order valence-corrected chi connectivity index (χ2v) is 5.28. The van der Waals surface area contributed by atoms with Crippen LogP contribution >= 0.6 is 11.6 Å². The number of hydrogen-bond acceptors (Lipinski definition) is 2. The fraction of sp³-hybridized carbons (Fsp3) is 0.538. The molecule has 2 nitrogen and oxygen atoms in total. The van der Waals surface area contributed by atoms with Crippen molar-refractivity contribution in [1.29, 1.82) is 0 Å². The van der Waals surface area contributed by atoms with Crippen LogP contribution in [-0.4, -0.2) is 13.7 Å². The van der Waals surface area contributed by atoms with Gasteiger partial charge in [0.15, 0.2) is 0 Å². The third kappa shape index (κ3) is 1.80. The minimum Gasteiger partial charge on any atom is -0.496 e. The van der Waals surface area contributed by atoms with Gasteiger partial charge in [-0.1, -0.05) is 18.5 Å². The van der Waals surface area contributed by atoms with Crippen LogP contribution in [0.1, 0.15) is 25.3 Å². The molecule has 0 heterocycles. The van der Waals surface area contributed by atoms with E-state index in [2.05, 4.69) is 6.92 Å². The van der Waals surface area contributed by atoms with Gasteiger partial charge in [-0.2, -0.15) is 0 Å². The molecule has 88 valence electrons. The van der Waals surface area contributed by atoms with Crippen molar-refractivity contribution in [2.75, 3.05) is 13.7 Å². The fourth-order valence-electron chi connectivity index (χ4n) is 2.87. The quantitative estimate of drug-likeness (QED) is 0.880. The van der Waals surface area contributed by atoms with Gasteiger partial charge in [0, 0.05) is 22.5 Å². The molecular weight excluding hydrogens is 222 g/mol. The minimum absolute atomic E-state index is 0.0790. The van der Waals surface area contributed by atoms with Gasteiger partial charge in [-0.3, -0.25) is 0 Å². The number of methoxy groups -OCH3 is 1. The van der Waals surface area contributed by atoms with Crippen LogP contribution in [0.15, 0.2) is 18.2 Å². The second kappa shape index (κ2) is 4.27. The smallest absolute Gasteiger partial charge is 0.122 e. The normalized spacial score (nSPS) is 28.6. The summed E-state index contributed by atoms with van der Waals surface area (Å²) in [7, 11) is 1.69. The maximum Gasteiger partial charge on any atom is 0.122 e. The molecule has 0 spiro atoms. The number of halogens is 1. The van der Waals surface area contributed by atoms with Crippen molar-refractivity contribution in [2.45, 2.75) is 25.2 Å². The number of hydrogen-bond donors (Lipinski definition) is 1. The molecule has 0 amide bonds. The summed E-state index contributed by atoms with van der Waals surface area (Å²) in [5, 5.41) is 0.753.